The largest absolute Gasteiger partial charge is 0.481 e. The summed E-state index contributed by atoms with van der Waals surface area (Å²) in [5, 5.41) is 23.2. The number of carboxylic acid groups (broad SMARTS) is 1. The van der Waals surface area contributed by atoms with Crippen molar-refractivity contribution in [1.82, 2.24) is 15.0 Å². The van der Waals surface area contributed by atoms with Crippen molar-refractivity contribution in [2.24, 2.45) is 5.92 Å². The standard InChI is InChI=1S/C24H23F3N4O3/c1-14-8-16(11-19(9-14)30-22-29-7-4-20(31-22)24(25,26)27)17-10-18(13-28-12-17)23(34)5-2-15(3-6-23)21(32)33/h4,7-13,15,34H,2-3,5-6H2,1H3,(H,32,33)(H,29,30,31). The van der Waals surface area contributed by atoms with E-state index in [1.54, 1.807) is 24.5 Å². The summed E-state index contributed by atoms with van der Waals surface area (Å²) in [4.78, 5) is 22.9. The van der Waals surface area contributed by atoms with Gasteiger partial charge in [0.05, 0.1) is 11.5 Å². The number of alkyl halides is 3. The number of aryl methyl sites for hydroxylation is 1. The number of pyridine rings is 1. The average molecular weight is 472 g/mol. The molecule has 4 rings (SSSR count). The molecular weight excluding hydrogens is 449 g/mol. The van der Waals surface area contributed by atoms with Crippen LogP contribution in [0.1, 0.15) is 42.5 Å². The van der Waals surface area contributed by atoms with E-state index in [0.29, 0.717) is 42.5 Å². The lowest BCUT2D eigenvalue weighted by Crippen LogP contribution is -2.33. The first-order chi connectivity index (χ1) is 16.0. The third-order valence-electron chi connectivity index (χ3n) is 6.05. The second-order valence-electron chi connectivity index (χ2n) is 8.58. The molecule has 1 fully saturated rings. The van der Waals surface area contributed by atoms with Gasteiger partial charge in [0.15, 0.2) is 0 Å². The van der Waals surface area contributed by atoms with Gasteiger partial charge in [-0.05, 0) is 68.0 Å². The molecule has 1 saturated carbocycles. The third kappa shape index (κ3) is 5.17. The molecule has 0 saturated heterocycles. The van der Waals surface area contributed by atoms with Crippen LogP contribution in [0.25, 0.3) is 11.1 Å². The van der Waals surface area contributed by atoms with Crippen LogP contribution in [-0.4, -0.2) is 31.1 Å². The quantitative estimate of drug-likeness (QED) is 0.476. The summed E-state index contributed by atoms with van der Waals surface area (Å²) in [6.07, 6.45) is 1.09. The van der Waals surface area contributed by atoms with Gasteiger partial charge in [-0.2, -0.15) is 13.2 Å². The van der Waals surface area contributed by atoms with Gasteiger partial charge in [-0.25, -0.2) is 9.97 Å². The number of carboxylic acids is 1. The number of carbonyl (C=O) groups is 1. The third-order valence-corrected chi connectivity index (χ3v) is 6.05. The van der Waals surface area contributed by atoms with E-state index < -0.39 is 29.4 Å². The Morgan fingerprint density at radius 1 is 1.12 bits per heavy atom. The van der Waals surface area contributed by atoms with E-state index in [2.05, 4.69) is 20.3 Å². The number of anilines is 2. The maximum absolute atomic E-state index is 13.0. The molecule has 0 amide bonds. The number of aliphatic carboxylic acids is 1. The highest BCUT2D eigenvalue weighted by Gasteiger charge is 2.37. The molecular formula is C24H23F3N4O3. The lowest BCUT2D eigenvalue weighted by atomic mass is 9.75. The second-order valence-corrected chi connectivity index (χ2v) is 8.58. The Morgan fingerprint density at radius 3 is 2.53 bits per heavy atom. The molecule has 1 aromatic carbocycles. The number of aliphatic hydroxyl groups is 1. The zero-order chi connectivity index (χ0) is 24.5. The fourth-order valence-electron chi connectivity index (χ4n) is 4.21. The first-order valence-electron chi connectivity index (χ1n) is 10.7. The summed E-state index contributed by atoms with van der Waals surface area (Å²) >= 11 is 0. The fourth-order valence-corrected chi connectivity index (χ4v) is 4.21. The minimum absolute atomic E-state index is 0.178. The number of halogens is 3. The van der Waals surface area contributed by atoms with Crippen LogP contribution >= 0.6 is 0 Å². The van der Waals surface area contributed by atoms with Gasteiger partial charge in [-0.3, -0.25) is 9.78 Å². The molecule has 0 unspecified atom stereocenters. The number of rotatable bonds is 5. The molecule has 3 aromatic rings. The average Bonchev–Trinajstić information content (AvgIpc) is 2.79. The minimum atomic E-state index is -4.58. The SMILES string of the molecule is Cc1cc(Nc2nccc(C(F)(F)F)n2)cc(-c2cncc(C3(O)CCC(C(=O)O)CC3)c2)c1. The summed E-state index contributed by atoms with van der Waals surface area (Å²) in [5.74, 6) is -1.49. The highest BCUT2D eigenvalue weighted by molar-refractivity contribution is 5.71. The Morgan fingerprint density at radius 2 is 1.85 bits per heavy atom. The van der Waals surface area contributed by atoms with Gasteiger partial charge in [0.1, 0.15) is 5.69 Å². The van der Waals surface area contributed by atoms with Gasteiger partial charge in [0.2, 0.25) is 5.95 Å². The van der Waals surface area contributed by atoms with Crippen LogP contribution in [0, 0.1) is 12.8 Å². The zero-order valence-electron chi connectivity index (χ0n) is 18.3. The number of aromatic nitrogens is 3. The topological polar surface area (TPSA) is 108 Å². The fraction of sp³-hybridized carbons (Fsp3) is 0.333. The van der Waals surface area contributed by atoms with E-state index in [9.17, 15) is 28.2 Å². The predicted octanol–water partition coefficient (Wildman–Crippen LogP) is 5.07. The molecule has 3 N–H and O–H groups in total. The first-order valence-corrected chi connectivity index (χ1v) is 10.7. The summed E-state index contributed by atoms with van der Waals surface area (Å²) < 4.78 is 38.9. The molecule has 0 spiro atoms. The van der Waals surface area contributed by atoms with Crippen molar-refractivity contribution in [2.75, 3.05) is 5.32 Å². The lowest BCUT2D eigenvalue weighted by Gasteiger charge is -2.35. The van der Waals surface area contributed by atoms with Crippen molar-refractivity contribution in [3.05, 3.63) is 65.7 Å². The maximum Gasteiger partial charge on any atom is 0.433 e. The molecule has 34 heavy (non-hydrogen) atoms. The second kappa shape index (κ2) is 9.02. The van der Waals surface area contributed by atoms with Gasteiger partial charge in [0, 0.05) is 35.4 Å². The molecule has 0 radical (unpaired) electrons. The van der Waals surface area contributed by atoms with Crippen molar-refractivity contribution in [1.29, 1.82) is 0 Å². The molecule has 2 heterocycles. The molecule has 0 bridgehead atoms. The first kappa shape index (κ1) is 23.6. The van der Waals surface area contributed by atoms with Crippen LogP contribution in [0.4, 0.5) is 24.8 Å². The Kier molecular flexibility index (Phi) is 6.26. The van der Waals surface area contributed by atoms with Crippen molar-refractivity contribution >= 4 is 17.6 Å². The molecule has 0 aliphatic heterocycles. The van der Waals surface area contributed by atoms with Gasteiger partial charge >= 0.3 is 12.1 Å². The molecule has 7 nitrogen and oxygen atoms in total. The number of hydrogen-bond donors (Lipinski definition) is 3. The van der Waals surface area contributed by atoms with Crippen LogP contribution in [0.15, 0.2) is 48.9 Å². The van der Waals surface area contributed by atoms with Crippen molar-refractivity contribution in [2.45, 2.75) is 44.4 Å². The van der Waals surface area contributed by atoms with Crippen LogP contribution in [-0.2, 0) is 16.6 Å². The van der Waals surface area contributed by atoms with E-state index in [1.807, 2.05) is 19.1 Å². The van der Waals surface area contributed by atoms with E-state index >= 15 is 0 Å². The smallest absolute Gasteiger partial charge is 0.433 e. The molecule has 10 heteroatoms. The number of benzene rings is 1. The number of hydrogen-bond acceptors (Lipinski definition) is 6. The summed E-state index contributed by atoms with van der Waals surface area (Å²) in [5.41, 5.74) is 1.20. The Bertz CT molecular complexity index is 1210. The molecule has 0 atom stereocenters. The van der Waals surface area contributed by atoms with Gasteiger partial charge in [-0.1, -0.05) is 6.07 Å². The normalized spacial score (nSPS) is 20.7. The van der Waals surface area contributed by atoms with E-state index in [-0.39, 0.29) is 5.95 Å². The summed E-state index contributed by atoms with van der Waals surface area (Å²) in [7, 11) is 0. The minimum Gasteiger partial charge on any atom is -0.481 e. The van der Waals surface area contributed by atoms with E-state index in [1.165, 1.54) is 0 Å². The van der Waals surface area contributed by atoms with Crippen LogP contribution in [0.2, 0.25) is 0 Å². The van der Waals surface area contributed by atoms with Crippen molar-refractivity contribution in [3.8, 4) is 11.1 Å². The Labute approximate surface area is 193 Å². The number of nitrogens with one attached hydrogen (secondary N) is 1. The Hall–Kier alpha value is -3.53. The molecule has 1 aliphatic rings. The molecule has 178 valence electrons. The number of nitrogens with zero attached hydrogens (tertiary/aromatic N) is 3. The summed E-state index contributed by atoms with van der Waals surface area (Å²) in [6.45, 7) is 1.85. The molecule has 1 aliphatic carbocycles. The highest BCUT2D eigenvalue weighted by atomic mass is 19.4. The van der Waals surface area contributed by atoms with Gasteiger partial charge in [-0.15, -0.1) is 0 Å². The van der Waals surface area contributed by atoms with Crippen LogP contribution in [0.3, 0.4) is 0 Å². The van der Waals surface area contributed by atoms with Crippen LogP contribution < -0.4 is 5.32 Å². The van der Waals surface area contributed by atoms with Crippen molar-refractivity contribution < 1.29 is 28.2 Å². The molecule has 2 aromatic heterocycles. The predicted molar refractivity (Wildman–Crippen MR) is 118 cm³/mol. The summed E-state index contributed by atoms with van der Waals surface area (Å²) in [6, 6.07) is 8.00. The lowest BCUT2D eigenvalue weighted by molar-refractivity contribution is -0.145. The Balaban J connectivity index is 1.60. The van der Waals surface area contributed by atoms with E-state index in [0.717, 1.165) is 23.4 Å². The maximum atomic E-state index is 13.0. The zero-order valence-corrected chi connectivity index (χ0v) is 18.3. The van der Waals surface area contributed by atoms with Gasteiger partial charge in [0.25, 0.3) is 0 Å². The van der Waals surface area contributed by atoms with Crippen LogP contribution in [0.5, 0.6) is 0 Å². The van der Waals surface area contributed by atoms with Gasteiger partial charge < -0.3 is 15.5 Å². The monoisotopic (exact) mass is 472 g/mol. The highest BCUT2D eigenvalue weighted by Crippen LogP contribution is 2.40. The van der Waals surface area contributed by atoms with E-state index in [4.69, 9.17) is 0 Å². The van der Waals surface area contributed by atoms with Crippen molar-refractivity contribution in [3.63, 3.8) is 0 Å².